The zero-order chi connectivity index (χ0) is 19.0. The SMILES string of the molecule is Cc1cccc(Cl)c1NC(=O)CN1C=CN2NC(c3cccs3)CC2C1=O. The lowest BCUT2D eigenvalue weighted by atomic mass is 10.1. The number of aryl methyl sites for hydroxylation is 1. The molecule has 140 valence electrons. The van der Waals surface area contributed by atoms with Gasteiger partial charge in [-0.1, -0.05) is 29.8 Å². The molecule has 2 unspecified atom stereocenters. The van der Waals surface area contributed by atoms with E-state index in [1.807, 2.05) is 41.7 Å². The Labute approximate surface area is 166 Å². The number of halogens is 1. The lowest BCUT2D eigenvalue weighted by Gasteiger charge is -2.31. The fraction of sp³-hybridized carbons (Fsp3) is 0.263. The molecule has 2 aliphatic heterocycles. The lowest BCUT2D eigenvalue weighted by molar-refractivity contribution is -0.137. The van der Waals surface area contributed by atoms with Gasteiger partial charge in [-0.2, -0.15) is 0 Å². The fourth-order valence-electron chi connectivity index (χ4n) is 3.37. The van der Waals surface area contributed by atoms with Gasteiger partial charge in [0.25, 0.3) is 5.91 Å². The third-order valence-electron chi connectivity index (χ3n) is 4.76. The number of para-hydroxylation sites is 1. The number of amides is 2. The van der Waals surface area contributed by atoms with Crippen molar-refractivity contribution in [3.05, 3.63) is 63.6 Å². The Hall–Kier alpha value is -2.35. The topological polar surface area (TPSA) is 64.7 Å². The molecule has 1 aromatic heterocycles. The van der Waals surface area contributed by atoms with Gasteiger partial charge in [-0.05, 0) is 30.0 Å². The van der Waals surface area contributed by atoms with Gasteiger partial charge in [-0.25, -0.2) is 5.43 Å². The highest BCUT2D eigenvalue weighted by molar-refractivity contribution is 7.10. The summed E-state index contributed by atoms with van der Waals surface area (Å²) in [7, 11) is 0. The van der Waals surface area contributed by atoms with Crippen LogP contribution in [0.2, 0.25) is 5.02 Å². The average molecular weight is 403 g/mol. The van der Waals surface area contributed by atoms with Crippen LogP contribution in [0.15, 0.2) is 48.1 Å². The minimum absolute atomic E-state index is 0.0476. The van der Waals surface area contributed by atoms with Crippen molar-refractivity contribution < 1.29 is 9.59 Å². The van der Waals surface area contributed by atoms with E-state index in [4.69, 9.17) is 11.6 Å². The monoisotopic (exact) mass is 402 g/mol. The lowest BCUT2D eigenvalue weighted by Crippen LogP contribution is -2.49. The van der Waals surface area contributed by atoms with Crippen LogP contribution in [-0.4, -0.2) is 34.3 Å². The summed E-state index contributed by atoms with van der Waals surface area (Å²) in [6.45, 7) is 1.83. The van der Waals surface area contributed by atoms with Crippen LogP contribution in [0.25, 0.3) is 0 Å². The summed E-state index contributed by atoms with van der Waals surface area (Å²) < 4.78 is 0. The van der Waals surface area contributed by atoms with Gasteiger partial charge >= 0.3 is 0 Å². The normalized spacial score (nSPS) is 21.5. The molecule has 2 N–H and O–H groups in total. The van der Waals surface area contributed by atoms with Crippen molar-refractivity contribution in [3.63, 3.8) is 0 Å². The number of rotatable bonds is 4. The first-order valence-corrected chi connectivity index (χ1v) is 9.90. The average Bonchev–Trinajstić information content (AvgIpc) is 3.30. The Morgan fingerprint density at radius 2 is 2.19 bits per heavy atom. The highest BCUT2D eigenvalue weighted by atomic mass is 35.5. The maximum Gasteiger partial charge on any atom is 0.251 e. The maximum absolute atomic E-state index is 12.8. The number of carbonyl (C=O) groups is 2. The molecule has 0 saturated carbocycles. The molecule has 1 fully saturated rings. The second-order valence-corrected chi connectivity index (χ2v) is 7.99. The Kier molecular flexibility index (Phi) is 4.90. The zero-order valence-electron chi connectivity index (χ0n) is 14.7. The first-order valence-electron chi connectivity index (χ1n) is 8.64. The second kappa shape index (κ2) is 7.34. The van der Waals surface area contributed by atoms with Gasteiger partial charge in [0.1, 0.15) is 12.6 Å². The van der Waals surface area contributed by atoms with Crippen molar-refractivity contribution in [2.45, 2.75) is 25.4 Å². The quantitative estimate of drug-likeness (QED) is 0.823. The van der Waals surface area contributed by atoms with E-state index in [1.54, 1.807) is 23.6 Å². The summed E-state index contributed by atoms with van der Waals surface area (Å²) in [5, 5.41) is 7.15. The molecular formula is C19H19ClN4O2S. The minimum atomic E-state index is -0.308. The van der Waals surface area contributed by atoms with Gasteiger partial charge in [0.2, 0.25) is 5.91 Å². The molecule has 4 rings (SSSR count). The molecule has 1 saturated heterocycles. The minimum Gasteiger partial charge on any atom is -0.323 e. The Morgan fingerprint density at radius 3 is 2.93 bits per heavy atom. The summed E-state index contributed by atoms with van der Waals surface area (Å²) >= 11 is 7.83. The highest BCUT2D eigenvalue weighted by Gasteiger charge is 2.40. The molecule has 0 aliphatic carbocycles. The number of hydrogen-bond donors (Lipinski definition) is 2. The Bertz CT molecular complexity index is 879. The van der Waals surface area contributed by atoms with Gasteiger partial charge in [0, 0.05) is 23.7 Å². The zero-order valence-corrected chi connectivity index (χ0v) is 16.3. The standard InChI is InChI=1S/C19H19ClN4O2S/c1-12-4-2-5-13(20)18(12)21-17(25)11-23-7-8-24-15(19(23)26)10-14(22-24)16-6-3-9-27-16/h2-9,14-15,22H,10-11H2,1H3,(H,21,25). The number of nitrogens with zero attached hydrogens (tertiary/aromatic N) is 2. The van der Waals surface area contributed by atoms with Crippen LogP contribution in [0.5, 0.6) is 0 Å². The Morgan fingerprint density at radius 1 is 1.33 bits per heavy atom. The van der Waals surface area contributed by atoms with Crippen LogP contribution in [0, 0.1) is 6.92 Å². The fourth-order valence-corrected chi connectivity index (χ4v) is 4.42. The van der Waals surface area contributed by atoms with Crippen molar-refractivity contribution in [2.75, 3.05) is 11.9 Å². The van der Waals surface area contributed by atoms with Crippen molar-refractivity contribution in [2.24, 2.45) is 0 Å². The van der Waals surface area contributed by atoms with Crippen LogP contribution in [0.4, 0.5) is 5.69 Å². The molecule has 0 spiro atoms. The van der Waals surface area contributed by atoms with E-state index in [0.717, 1.165) is 5.56 Å². The van der Waals surface area contributed by atoms with Crippen LogP contribution in [0.3, 0.4) is 0 Å². The van der Waals surface area contributed by atoms with Gasteiger partial charge in [0.15, 0.2) is 0 Å². The highest BCUT2D eigenvalue weighted by Crippen LogP contribution is 2.33. The number of benzene rings is 1. The molecule has 8 heteroatoms. The van der Waals surface area contributed by atoms with E-state index in [-0.39, 0.29) is 30.4 Å². The van der Waals surface area contributed by atoms with Gasteiger partial charge in [-0.15, -0.1) is 11.3 Å². The van der Waals surface area contributed by atoms with Gasteiger partial charge in [0.05, 0.1) is 16.8 Å². The molecule has 1 aromatic carbocycles. The second-order valence-electron chi connectivity index (χ2n) is 6.60. The van der Waals surface area contributed by atoms with Crippen molar-refractivity contribution in [1.82, 2.24) is 15.3 Å². The molecule has 2 atom stereocenters. The number of hydrazine groups is 1. The molecule has 3 heterocycles. The summed E-state index contributed by atoms with van der Waals surface area (Å²) in [5.74, 6) is -0.367. The molecule has 0 bridgehead atoms. The largest absolute Gasteiger partial charge is 0.323 e. The molecule has 27 heavy (non-hydrogen) atoms. The van der Waals surface area contributed by atoms with Crippen LogP contribution < -0.4 is 10.7 Å². The van der Waals surface area contributed by atoms with E-state index in [9.17, 15) is 9.59 Å². The summed E-state index contributed by atoms with van der Waals surface area (Å²) in [4.78, 5) is 27.9. The predicted molar refractivity (Wildman–Crippen MR) is 106 cm³/mol. The molecular weight excluding hydrogens is 384 g/mol. The predicted octanol–water partition coefficient (Wildman–Crippen LogP) is 3.28. The smallest absolute Gasteiger partial charge is 0.251 e. The van der Waals surface area contributed by atoms with Crippen LogP contribution in [-0.2, 0) is 9.59 Å². The van der Waals surface area contributed by atoms with E-state index in [2.05, 4.69) is 16.8 Å². The van der Waals surface area contributed by atoms with Crippen molar-refractivity contribution in [3.8, 4) is 0 Å². The van der Waals surface area contributed by atoms with Crippen molar-refractivity contribution >= 4 is 40.4 Å². The third-order valence-corrected chi connectivity index (χ3v) is 6.06. The summed E-state index contributed by atoms with van der Waals surface area (Å²) in [6, 6.07) is 9.30. The van der Waals surface area contributed by atoms with E-state index in [1.165, 1.54) is 9.78 Å². The summed E-state index contributed by atoms with van der Waals surface area (Å²) in [6.07, 6.45) is 4.13. The summed E-state index contributed by atoms with van der Waals surface area (Å²) in [5.41, 5.74) is 4.80. The number of anilines is 1. The van der Waals surface area contributed by atoms with Crippen LogP contribution >= 0.6 is 22.9 Å². The first-order chi connectivity index (χ1) is 13.0. The third kappa shape index (κ3) is 3.58. The van der Waals surface area contributed by atoms with E-state index < -0.39 is 0 Å². The molecule has 2 amide bonds. The van der Waals surface area contributed by atoms with Crippen LogP contribution in [0.1, 0.15) is 22.9 Å². The van der Waals surface area contributed by atoms with Gasteiger partial charge < -0.3 is 15.2 Å². The maximum atomic E-state index is 12.8. The number of thiophene rings is 1. The number of fused-ring (bicyclic) bond motifs is 1. The number of carbonyl (C=O) groups excluding carboxylic acids is 2. The van der Waals surface area contributed by atoms with Crippen molar-refractivity contribution in [1.29, 1.82) is 0 Å². The Balaban J connectivity index is 1.42. The van der Waals surface area contributed by atoms with E-state index >= 15 is 0 Å². The molecule has 2 aromatic rings. The molecule has 6 nitrogen and oxygen atoms in total. The number of nitrogens with one attached hydrogen (secondary N) is 2. The first kappa shape index (κ1) is 18.0. The molecule has 2 aliphatic rings. The molecule has 0 radical (unpaired) electrons. The van der Waals surface area contributed by atoms with E-state index in [0.29, 0.717) is 17.1 Å². The van der Waals surface area contributed by atoms with Gasteiger partial charge in [-0.3, -0.25) is 9.59 Å². The number of hydrogen-bond acceptors (Lipinski definition) is 5.